The highest BCUT2D eigenvalue weighted by atomic mass is 35.5. The summed E-state index contributed by atoms with van der Waals surface area (Å²) >= 11 is 6.16. The van der Waals surface area contributed by atoms with Gasteiger partial charge in [-0.15, -0.1) is 0 Å². The van der Waals surface area contributed by atoms with Gasteiger partial charge in [-0.3, -0.25) is 19.5 Å². The lowest BCUT2D eigenvalue weighted by Gasteiger charge is -2.26. The maximum Gasteiger partial charge on any atom is 0.300 e. The Kier molecular flexibility index (Phi) is 6.19. The van der Waals surface area contributed by atoms with Crippen LogP contribution >= 0.6 is 11.6 Å². The number of anilines is 1. The molecule has 0 radical (unpaired) electrons. The van der Waals surface area contributed by atoms with Crippen LogP contribution in [0.2, 0.25) is 5.02 Å². The van der Waals surface area contributed by atoms with E-state index in [1.165, 1.54) is 18.1 Å². The van der Waals surface area contributed by atoms with Crippen LogP contribution in [-0.4, -0.2) is 28.9 Å². The van der Waals surface area contributed by atoms with Crippen LogP contribution in [0.15, 0.2) is 72.6 Å². The zero-order valence-corrected chi connectivity index (χ0v) is 20.1. The molecule has 2 heterocycles. The first-order valence-electron chi connectivity index (χ1n) is 10.8. The molecule has 34 heavy (non-hydrogen) atoms. The van der Waals surface area contributed by atoms with E-state index in [0.717, 1.165) is 5.56 Å². The fourth-order valence-electron chi connectivity index (χ4n) is 4.09. The third-order valence-corrected chi connectivity index (χ3v) is 6.13. The molecular formula is C27H25ClN2O4. The lowest BCUT2D eigenvalue weighted by atomic mass is 9.87. The van der Waals surface area contributed by atoms with E-state index in [9.17, 15) is 14.7 Å². The van der Waals surface area contributed by atoms with Crippen molar-refractivity contribution in [1.29, 1.82) is 0 Å². The molecule has 0 saturated carbocycles. The molecule has 1 unspecified atom stereocenters. The number of hydrogen-bond donors (Lipinski definition) is 1. The van der Waals surface area contributed by atoms with Gasteiger partial charge in [0.15, 0.2) is 0 Å². The molecule has 1 aliphatic heterocycles. The number of halogens is 1. The zero-order chi connectivity index (χ0) is 24.6. The van der Waals surface area contributed by atoms with Crippen LogP contribution in [-0.2, 0) is 15.0 Å². The number of aromatic nitrogens is 1. The molecule has 7 heteroatoms. The molecule has 174 valence electrons. The minimum Gasteiger partial charge on any atom is -0.507 e. The van der Waals surface area contributed by atoms with E-state index in [-0.39, 0.29) is 22.3 Å². The molecule has 2 aromatic carbocycles. The number of nitrogens with zero attached hydrogens (tertiary/aromatic N) is 2. The summed E-state index contributed by atoms with van der Waals surface area (Å²) in [5.74, 6) is -1.54. The number of methoxy groups -OCH3 is 1. The third kappa shape index (κ3) is 4.17. The van der Waals surface area contributed by atoms with Crippen LogP contribution in [0.25, 0.3) is 5.76 Å². The predicted molar refractivity (Wildman–Crippen MR) is 132 cm³/mol. The Morgan fingerprint density at radius 2 is 1.68 bits per heavy atom. The average Bonchev–Trinajstić information content (AvgIpc) is 3.09. The molecule has 0 spiro atoms. The number of Topliss-reactive ketones (excluding diaryl/α,β-unsaturated/α-hetero) is 1. The van der Waals surface area contributed by atoms with Crippen molar-refractivity contribution in [3.8, 4) is 5.75 Å². The summed E-state index contributed by atoms with van der Waals surface area (Å²) in [5, 5.41) is 11.7. The van der Waals surface area contributed by atoms with Crippen molar-refractivity contribution in [1.82, 2.24) is 4.98 Å². The van der Waals surface area contributed by atoms with Crippen molar-refractivity contribution < 1.29 is 19.4 Å². The first-order chi connectivity index (χ1) is 16.1. The van der Waals surface area contributed by atoms with Crippen LogP contribution < -0.4 is 9.64 Å². The number of ketones is 1. The fraction of sp³-hybridized carbons (Fsp3) is 0.222. The summed E-state index contributed by atoms with van der Waals surface area (Å²) in [6.07, 6.45) is 3.16. The van der Waals surface area contributed by atoms with Crippen LogP contribution in [0.4, 0.5) is 5.69 Å². The predicted octanol–water partition coefficient (Wildman–Crippen LogP) is 5.67. The molecule has 1 aromatic heterocycles. The lowest BCUT2D eigenvalue weighted by molar-refractivity contribution is -0.132. The Morgan fingerprint density at radius 3 is 2.26 bits per heavy atom. The quantitative estimate of drug-likeness (QED) is 0.298. The van der Waals surface area contributed by atoms with Crippen LogP contribution in [0.1, 0.15) is 43.5 Å². The first-order valence-corrected chi connectivity index (χ1v) is 11.2. The van der Waals surface area contributed by atoms with E-state index in [4.69, 9.17) is 16.3 Å². The van der Waals surface area contributed by atoms with E-state index in [1.54, 1.807) is 36.7 Å². The molecule has 1 N–H and O–H groups in total. The van der Waals surface area contributed by atoms with Crippen molar-refractivity contribution >= 4 is 34.7 Å². The Balaban J connectivity index is 1.93. The number of benzene rings is 2. The second kappa shape index (κ2) is 8.95. The molecule has 3 aromatic rings. The van der Waals surface area contributed by atoms with Crippen molar-refractivity contribution in [2.45, 2.75) is 32.2 Å². The Morgan fingerprint density at radius 1 is 1.03 bits per heavy atom. The Bertz CT molecular complexity index is 1280. The SMILES string of the molecule is COc1ccc(Cl)cc1/C(O)=C1\C(=O)C(=O)N(c2ccc(C(C)(C)C)cc2)C1c1ccncc1. The van der Waals surface area contributed by atoms with E-state index >= 15 is 0 Å². The minimum atomic E-state index is -0.854. The van der Waals surface area contributed by atoms with Crippen molar-refractivity contribution in [2.75, 3.05) is 12.0 Å². The first kappa shape index (κ1) is 23.5. The molecule has 1 fully saturated rings. The molecule has 1 amide bonds. The summed E-state index contributed by atoms with van der Waals surface area (Å²) in [4.78, 5) is 32.1. The van der Waals surface area contributed by atoms with Gasteiger partial charge in [0.1, 0.15) is 11.5 Å². The molecule has 4 rings (SSSR count). The highest BCUT2D eigenvalue weighted by molar-refractivity contribution is 6.51. The Hall–Kier alpha value is -3.64. The Labute approximate surface area is 203 Å². The molecule has 0 aliphatic carbocycles. The maximum atomic E-state index is 13.3. The van der Waals surface area contributed by atoms with Gasteiger partial charge in [-0.1, -0.05) is 44.5 Å². The van der Waals surface area contributed by atoms with Gasteiger partial charge in [0.2, 0.25) is 0 Å². The lowest BCUT2D eigenvalue weighted by Crippen LogP contribution is -2.29. The molecular weight excluding hydrogens is 452 g/mol. The van der Waals surface area contributed by atoms with Gasteiger partial charge < -0.3 is 9.84 Å². The molecule has 1 saturated heterocycles. The minimum absolute atomic E-state index is 0.0448. The van der Waals surface area contributed by atoms with Gasteiger partial charge in [0.25, 0.3) is 11.7 Å². The van der Waals surface area contributed by atoms with Gasteiger partial charge in [0.05, 0.1) is 24.3 Å². The largest absolute Gasteiger partial charge is 0.507 e. The topological polar surface area (TPSA) is 79.7 Å². The second-order valence-electron chi connectivity index (χ2n) is 9.09. The van der Waals surface area contributed by atoms with Crippen LogP contribution in [0.3, 0.4) is 0 Å². The average molecular weight is 477 g/mol. The van der Waals surface area contributed by atoms with E-state index in [2.05, 4.69) is 25.8 Å². The summed E-state index contributed by atoms with van der Waals surface area (Å²) in [6.45, 7) is 6.30. The molecule has 1 aliphatic rings. The van der Waals surface area contributed by atoms with Crippen molar-refractivity contribution in [3.63, 3.8) is 0 Å². The number of hydrogen-bond acceptors (Lipinski definition) is 5. The fourth-order valence-corrected chi connectivity index (χ4v) is 4.26. The van der Waals surface area contributed by atoms with Crippen LogP contribution in [0, 0.1) is 0 Å². The number of amides is 1. The number of ether oxygens (including phenoxy) is 1. The summed E-state index contributed by atoms with van der Waals surface area (Å²) in [5.41, 5.74) is 2.40. The number of pyridine rings is 1. The summed E-state index contributed by atoms with van der Waals surface area (Å²) in [7, 11) is 1.45. The normalized spacial score (nSPS) is 17.8. The molecule has 0 bridgehead atoms. The van der Waals surface area contributed by atoms with Gasteiger partial charge in [-0.25, -0.2) is 0 Å². The van der Waals surface area contributed by atoms with Crippen molar-refractivity contribution in [2.24, 2.45) is 0 Å². The van der Waals surface area contributed by atoms with Crippen molar-refractivity contribution in [3.05, 3.63) is 94.3 Å². The standard InChI is InChI=1S/C27H25ClN2O4/c1-27(2,3)17-5-8-19(9-6-17)30-23(16-11-13-29-14-12-16)22(25(32)26(30)33)24(31)20-15-18(28)7-10-21(20)34-4/h5-15,23,31H,1-4H3/b24-22+. The third-order valence-electron chi connectivity index (χ3n) is 5.89. The molecule has 6 nitrogen and oxygen atoms in total. The highest BCUT2D eigenvalue weighted by Crippen LogP contribution is 2.43. The van der Waals surface area contributed by atoms with Gasteiger partial charge >= 0.3 is 0 Å². The van der Waals surface area contributed by atoms with Crippen LogP contribution in [0.5, 0.6) is 5.75 Å². The van der Waals surface area contributed by atoms with Gasteiger partial charge in [-0.05, 0) is 59.0 Å². The number of aliphatic hydroxyl groups is 1. The second-order valence-corrected chi connectivity index (χ2v) is 9.53. The number of carbonyl (C=O) groups excluding carboxylic acids is 2. The van der Waals surface area contributed by atoms with E-state index < -0.39 is 17.7 Å². The zero-order valence-electron chi connectivity index (χ0n) is 19.4. The number of aliphatic hydroxyl groups excluding tert-OH is 1. The monoisotopic (exact) mass is 476 g/mol. The number of rotatable bonds is 4. The van der Waals surface area contributed by atoms with Gasteiger partial charge in [-0.2, -0.15) is 0 Å². The van der Waals surface area contributed by atoms with E-state index in [0.29, 0.717) is 22.0 Å². The summed E-state index contributed by atoms with van der Waals surface area (Å²) in [6, 6.07) is 14.8. The van der Waals surface area contributed by atoms with Gasteiger partial charge in [0, 0.05) is 23.1 Å². The molecule has 1 atom stereocenters. The summed E-state index contributed by atoms with van der Waals surface area (Å²) < 4.78 is 5.37. The van der Waals surface area contributed by atoms with E-state index in [1.807, 2.05) is 24.3 Å². The maximum absolute atomic E-state index is 13.3. The smallest absolute Gasteiger partial charge is 0.300 e. The number of carbonyl (C=O) groups is 2. The highest BCUT2D eigenvalue weighted by Gasteiger charge is 2.47.